The number of carbonyl (C=O) groups excluding carboxylic acids is 1. The summed E-state index contributed by atoms with van der Waals surface area (Å²) in [6, 6.07) is 0. The number of carbonyl (C=O) groups is 1. The Morgan fingerprint density at radius 3 is 1.32 bits per heavy atom. The van der Waals surface area contributed by atoms with Gasteiger partial charge in [0.05, 0.1) is 0 Å². The highest BCUT2D eigenvalue weighted by molar-refractivity contribution is 5.80. The van der Waals surface area contributed by atoms with Gasteiger partial charge in [-0.2, -0.15) is 0 Å². The van der Waals surface area contributed by atoms with E-state index in [0.29, 0.717) is 11.7 Å². The van der Waals surface area contributed by atoms with Crippen molar-refractivity contribution in [3.63, 3.8) is 0 Å². The minimum Gasteiger partial charge on any atom is -0.299 e. The van der Waals surface area contributed by atoms with Crippen molar-refractivity contribution in [1.29, 1.82) is 0 Å². The first-order valence-electron chi connectivity index (χ1n) is 8.19. The Morgan fingerprint density at radius 1 is 0.684 bits per heavy atom. The van der Waals surface area contributed by atoms with Crippen molar-refractivity contribution in [2.24, 2.45) is 23.7 Å². The molecule has 1 heteroatoms. The van der Waals surface area contributed by atoms with Gasteiger partial charge in [-0.25, -0.2) is 0 Å². The van der Waals surface area contributed by atoms with E-state index in [-0.39, 0.29) is 5.92 Å². The third-order valence-electron chi connectivity index (χ3n) is 3.17. The van der Waals surface area contributed by atoms with Gasteiger partial charge in [-0.15, -0.1) is 0 Å². The molecule has 0 rings (SSSR count). The Hall–Kier alpha value is -0.330. The summed E-state index contributed by atoms with van der Waals surface area (Å²) in [6.07, 6.45) is 6.01. The molecule has 0 spiro atoms. The van der Waals surface area contributed by atoms with Crippen LogP contribution in [0.4, 0.5) is 0 Å². The van der Waals surface area contributed by atoms with E-state index in [9.17, 15) is 4.79 Å². The summed E-state index contributed by atoms with van der Waals surface area (Å²) in [5.41, 5.74) is 0. The third kappa shape index (κ3) is 20.2. The van der Waals surface area contributed by atoms with Crippen LogP contribution in [-0.2, 0) is 4.79 Å². The summed E-state index contributed by atoms with van der Waals surface area (Å²) >= 11 is 0. The van der Waals surface area contributed by atoms with Crippen LogP contribution in [0.2, 0.25) is 0 Å². The molecule has 0 N–H and O–H groups in total. The van der Waals surface area contributed by atoms with Gasteiger partial charge in [0.2, 0.25) is 0 Å². The first-order valence-corrected chi connectivity index (χ1v) is 8.19. The zero-order valence-electron chi connectivity index (χ0n) is 14.8. The Morgan fingerprint density at radius 2 is 1.05 bits per heavy atom. The van der Waals surface area contributed by atoms with Crippen molar-refractivity contribution >= 4 is 5.78 Å². The maximum atomic E-state index is 11.0. The van der Waals surface area contributed by atoms with Gasteiger partial charge in [0.1, 0.15) is 5.78 Å². The number of Topliss-reactive ketones (excluding diaryl/α,β-unsaturated/α-hetero) is 1. The summed E-state index contributed by atoms with van der Waals surface area (Å²) in [6.45, 7) is 17.4. The fraction of sp³-hybridized carbons (Fsp3) is 0.944. The van der Waals surface area contributed by atoms with Crippen molar-refractivity contribution < 1.29 is 4.79 Å². The second kappa shape index (κ2) is 12.7. The number of ketones is 1. The Balaban J connectivity index is 0. The van der Waals surface area contributed by atoms with Gasteiger partial charge in [0.15, 0.2) is 0 Å². The predicted molar refractivity (Wildman–Crippen MR) is 87.4 cm³/mol. The highest BCUT2D eigenvalue weighted by atomic mass is 16.1. The Labute approximate surface area is 122 Å². The van der Waals surface area contributed by atoms with Crippen molar-refractivity contribution in [1.82, 2.24) is 0 Å². The van der Waals surface area contributed by atoms with Crippen LogP contribution < -0.4 is 0 Å². The molecule has 0 saturated heterocycles. The van der Waals surface area contributed by atoms with Gasteiger partial charge in [-0.1, -0.05) is 74.7 Å². The molecule has 1 nitrogen and oxygen atoms in total. The quantitative estimate of drug-likeness (QED) is 0.519. The van der Waals surface area contributed by atoms with E-state index in [4.69, 9.17) is 0 Å². The second-order valence-corrected chi connectivity index (χ2v) is 7.27. The summed E-state index contributed by atoms with van der Waals surface area (Å²) in [7, 11) is 0. The molecule has 0 unspecified atom stereocenters. The van der Waals surface area contributed by atoms with Gasteiger partial charge < -0.3 is 0 Å². The lowest BCUT2D eigenvalue weighted by molar-refractivity contribution is -0.122. The topological polar surface area (TPSA) is 17.1 Å². The van der Waals surface area contributed by atoms with Crippen molar-refractivity contribution in [3.05, 3.63) is 0 Å². The smallest absolute Gasteiger partial charge is 0.135 e. The second-order valence-electron chi connectivity index (χ2n) is 7.27. The van der Waals surface area contributed by atoms with E-state index in [0.717, 1.165) is 24.7 Å². The van der Waals surface area contributed by atoms with Gasteiger partial charge >= 0.3 is 0 Å². The number of hydrogen-bond acceptors (Lipinski definition) is 1. The Kier molecular flexibility index (Phi) is 14.0. The number of hydrogen-bond donors (Lipinski definition) is 0. The molecule has 0 saturated carbocycles. The van der Waals surface area contributed by atoms with Crippen LogP contribution in [0.1, 0.15) is 87.5 Å². The average Bonchev–Trinajstić information content (AvgIpc) is 2.25. The molecule has 0 aromatic carbocycles. The molecule has 0 heterocycles. The molecule has 0 aromatic heterocycles. The highest BCUT2D eigenvalue weighted by Gasteiger charge is 2.06. The minimum atomic E-state index is 0.221. The van der Waals surface area contributed by atoms with E-state index in [1.807, 2.05) is 13.8 Å². The lowest BCUT2D eigenvalue weighted by atomic mass is 10.00. The summed E-state index contributed by atoms with van der Waals surface area (Å²) in [5.74, 6) is 3.06. The molecule has 0 bridgehead atoms. The van der Waals surface area contributed by atoms with Gasteiger partial charge in [0, 0.05) is 12.3 Å². The van der Waals surface area contributed by atoms with Crippen LogP contribution in [-0.4, -0.2) is 5.78 Å². The number of rotatable bonds is 8. The molecule has 0 radical (unpaired) electrons. The Bertz CT molecular complexity index is 194. The van der Waals surface area contributed by atoms with Crippen LogP contribution in [0.25, 0.3) is 0 Å². The summed E-state index contributed by atoms with van der Waals surface area (Å²) in [4.78, 5) is 11.0. The van der Waals surface area contributed by atoms with E-state index in [1.54, 1.807) is 0 Å². The molecule has 0 aliphatic rings. The molecule has 0 aliphatic heterocycles. The van der Waals surface area contributed by atoms with Crippen LogP contribution in [0.15, 0.2) is 0 Å². The van der Waals surface area contributed by atoms with Crippen molar-refractivity contribution in [2.75, 3.05) is 0 Å². The lowest BCUT2D eigenvalue weighted by Gasteiger charge is -2.05. The van der Waals surface area contributed by atoms with Crippen LogP contribution in [0.3, 0.4) is 0 Å². The molecule has 0 aliphatic carbocycles. The normalized spacial score (nSPS) is 11.2. The van der Waals surface area contributed by atoms with Crippen LogP contribution in [0.5, 0.6) is 0 Å². The SMILES string of the molecule is CC(C)CCC(=O)C(C)C.CC(C)CCCC(C)C. The zero-order chi connectivity index (χ0) is 15.4. The maximum Gasteiger partial charge on any atom is 0.135 e. The maximum absolute atomic E-state index is 11.0. The largest absolute Gasteiger partial charge is 0.299 e. The van der Waals surface area contributed by atoms with E-state index in [2.05, 4.69) is 41.5 Å². The molecule has 19 heavy (non-hydrogen) atoms. The average molecular weight is 271 g/mol. The third-order valence-corrected chi connectivity index (χ3v) is 3.17. The van der Waals surface area contributed by atoms with E-state index in [1.165, 1.54) is 19.3 Å². The predicted octanol–water partition coefficient (Wildman–Crippen LogP) is 6.12. The first-order chi connectivity index (χ1) is 8.66. The monoisotopic (exact) mass is 270 g/mol. The molecule has 116 valence electrons. The zero-order valence-corrected chi connectivity index (χ0v) is 14.8. The van der Waals surface area contributed by atoms with Crippen molar-refractivity contribution in [2.45, 2.75) is 87.5 Å². The summed E-state index contributed by atoms with van der Waals surface area (Å²) in [5, 5.41) is 0. The molecule has 0 aromatic rings. The van der Waals surface area contributed by atoms with Gasteiger partial charge in [-0.05, 0) is 24.2 Å². The lowest BCUT2D eigenvalue weighted by Crippen LogP contribution is -2.07. The fourth-order valence-electron chi connectivity index (χ4n) is 1.65. The minimum absolute atomic E-state index is 0.221. The first kappa shape index (κ1) is 21.0. The van der Waals surface area contributed by atoms with Crippen molar-refractivity contribution in [3.8, 4) is 0 Å². The molecule has 0 amide bonds. The molecular weight excluding hydrogens is 232 g/mol. The summed E-state index contributed by atoms with van der Waals surface area (Å²) < 4.78 is 0. The van der Waals surface area contributed by atoms with Crippen LogP contribution >= 0.6 is 0 Å². The highest BCUT2D eigenvalue weighted by Crippen LogP contribution is 2.11. The fourth-order valence-corrected chi connectivity index (χ4v) is 1.65. The molecule has 0 atom stereocenters. The molecule has 0 fully saturated rings. The van der Waals surface area contributed by atoms with Gasteiger partial charge in [0.25, 0.3) is 0 Å². The molecular formula is C18H38O. The van der Waals surface area contributed by atoms with Gasteiger partial charge in [-0.3, -0.25) is 4.79 Å². The standard InChI is InChI=1S/C9H18O.C9H20/c1-7(2)5-6-9(10)8(3)4;1-8(2)6-5-7-9(3)4/h7-8H,5-6H2,1-4H3;8-9H,5-7H2,1-4H3. The van der Waals surface area contributed by atoms with Crippen LogP contribution in [0, 0.1) is 23.7 Å². The van der Waals surface area contributed by atoms with E-state index < -0.39 is 0 Å². The van der Waals surface area contributed by atoms with E-state index >= 15 is 0 Å².